The van der Waals surface area contributed by atoms with E-state index in [1.165, 1.54) is 0 Å². The van der Waals surface area contributed by atoms with E-state index in [-0.39, 0.29) is 0 Å². The van der Waals surface area contributed by atoms with E-state index in [2.05, 4.69) is 28.3 Å². The monoisotopic (exact) mass is 425 g/mol. The number of hydrogen-bond acceptors (Lipinski definition) is 2. The topological polar surface area (TPSA) is 52.8 Å². The van der Waals surface area contributed by atoms with Gasteiger partial charge in [0.25, 0.3) is 0 Å². The largest absolute Gasteiger partial charge is 0.488 e. The minimum Gasteiger partial charge on any atom is -0.488 e. The van der Waals surface area contributed by atoms with Gasteiger partial charge in [-0.3, -0.25) is 0 Å². The van der Waals surface area contributed by atoms with Gasteiger partial charge in [-0.15, -0.1) is 0 Å². The third kappa shape index (κ3) is 3.21. The molecule has 29 heavy (non-hydrogen) atoms. The summed E-state index contributed by atoms with van der Waals surface area (Å²) in [6, 6.07) is 14.0. The van der Waals surface area contributed by atoms with Crippen LogP contribution in [0.2, 0.25) is 10.0 Å². The minimum absolute atomic E-state index is 0.584. The Morgan fingerprint density at radius 2 is 1.38 bits per heavy atom. The van der Waals surface area contributed by atoms with Crippen LogP contribution < -0.4 is 10.1 Å². The first-order valence-electron chi connectivity index (χ1n) is 9.84. The van der Waals surface area contributed by atoms with Crippen molar-refractivity contribution in [3.63, 3.8) is 0 Å². The molecule has 0 aliphatic carbocycles. The molecule has 0 saturated carbocycles. The highest BCUT2D eigenvalue weighted by Crippen LogP contribution is 2.41. The molecule has 0 saturated heterocycles. The lowest BCUT2D eigenvalue weighted by molar-refractivity contribution is 0.320. The number of ether oxygens (including phenoxy) is 1. The van der Waals surface area contributed by atoms with Gasteiger partial charge in [0.2, 0.25) is 0 Å². The van der Waals surface area contributed by atoms with Gasteiger partial charge in [-0.05, 0) is 55.4 Å². The van der Waals surface area contributed by atoms with Crippen molar-refractivity contribution in [1.29, 1.82) is 0 Å². The molecular weight excluding hydrogens is 405 g/mol. The molecule has 0 aliphatic heterocycles. The van der Waals surface area contributed by atoms with Crippen LogP contribution in [0.3, 0.4) is 0 Å². The van der Waals surface area contributed by atoms with Crippen LogP contribution in [0.25, 0.3) is 43.6 Å². The lowest BCUT2D eigenvalue weighted by atomic mass is 10.1. The maximum absolute atomic E-state index is 6.31. The summed E-state index contributed by atoms with van der Waals surface area (Å²) in [5.41, 5.74) is 4.02. The Morgan fingerprint density at radius 3 is 1.93 bits per heavy atom. The normalized spacial score (nSPS) is 12.0. The van der Waals surface area contributed by atoms with E-state index in [1.807, 2.05) is 36.4 Å². The average molecular weight is 426 g/mol. The molecule has 0 aliphatic rings. The van der Waals surface area contributed by atoms with Crippen LogP contribution in [0.15, 0.2) is 42.5 Å². The second-order valence-electron chi connectivity index (χ2n) is 7.28. The number of aromatic nitrogens is 2. The number of nitrogens with one attached hydrogen (secondary N) is 3. The fraction of sp³-hybridized carbons (Fsp3) is 0.217. The summed E-state index contributed by atoms with van der Waals surface area (Å²) in [6.45, 7) is 4.52. The summed E-state index contributed by atoms with van der Waals surface area (Å²) in [5.74, 6) is 0.829. The number of benzene rings is 3. The highest BCUT2D eigenvalue weighted by atomic mass is 35.5. The second-order valence-corrected chi connectivity index (χ2v) is 8.15. The summed E-state index contributed by atoms with van der Waals surface area (Å²) in [4.78, 5) is 7.05. The van der Waals surface area contributed by atoms with E-state index in [0.29, 0.717) is 16.7 Å². The van der Waals surface area contributed by atoms with Crippen molar-refractivity contribution >= 4 is 66.8 Å². The van der Waals surface area contributed by atoms with Crippen LogP contribution in [-0.2, 0) is 0 Å². The lowest BCUT2D eigenvalue weighted by Gasteiger charge is -2.10. The van der Waals surface area contributed by atoms with Gasteiger partial charge in [0.05, 0.1) is 11.0 Å². The second kappa shape index (κ2) is 7.45. The van der Waals surface area contributed by atoms with E-state index in [4.69, 9.17) is 27.9 Å². The zero-order valence-corrected chi connectivity index (χ0v) is 17.5. The predicted octanol–water partition coefficient (Wildman–Crippen LogP) is 6.64. The molecule has 5 rings (SSSR count). The Bertz CT molecular complexity index is 1260. The zero-order chi connectivity index (χ0) is 20.0. The van der Waals surface area contributed by atoms with Gasteiger partial charge in [-0.1, -0.05) is 30.1 Å². The number of aromatic amines is 2. The SMILES string of the molecule is CCCNCCOc1c2[nH]c3ccc(Cl)cc3c2cc2c1[nH]c1ccc(Cl)cc12. The smallest absolute Gasteiger partial charge is 0.167 e. The Balaban J connectivity index is 1.76. The summed E-state index contributed by atoms with van der Waals surface area (Å²) >= 11 is 12.6. The first kappa shape index (κ1) is 18.6. The van der Waals surface area contributed by atoms with Crippen molar-refractivity contribution < 1.29 is 4.74 Å². The summed E-state index contributed by atoms with van der Waals surface area (Å²) < 4.78 is 6.31. The van der Waals surface area contributed by atoms with Crippen molar-refractivity contribution in [2.45, 2.75) is 13.3 Å². The third-order valence-corrected chi connectivity index (χ3v) is 5.77. The fourth-order valence-corrected chi connectivity index (χ4v) is 4.31. The molecule has 4 nitrogen and oxygen atoms in total. The van der Waals surface area contributed by atoms with Crippen molar-refractivity contribution in [3.05, 3.63) is 52.5 Å². The Labute approximate surface area is 178 Å². The molecule has 0 atom stereocenters. The van der Waals surface area contributed by atoms with Crippen molar-refractivity contribution in [2.75, 3.05) is 19.7 Å². The van der Waals surface area contributed by atoms with Crippen LogP contribution in [0.4, 0.5) is 0 Å². The van der Waals surface area contributed by atoms with Gasteiger partial charge in [0, 0.05) is 49.2 Å². The first-order valence-corrected chi connectivity index (χ1v) is 10.6. The molecule has 2 heterocycles. The molecule has 0 fully saturated rings. The minimum atomic E-state index is 0.584. The molecule has 3 N–H and O–H groups in total. The van der Waals surface area contributed by atoms with Gasteiger partial charge >= 0.3 is 0 Å². The maximum atomic E-state index is 6.31. The molecule has 2 aromatic heterocycles. The Kier molecular flexibility index (Phi) is 4.78. The number of H-pyrrole nitrogens is 2. The molecule has 0 amide bonds. The maximum Gasteiger partial charge on any atom is 0.167 e. The molecule has 0 bridgehead atoms. The standard InChI is InChI=1S/C23H21Cl2N3O/c1-2-7-26-8-9-29-23-21-17(15-10-13(24)3-5-19(15)27-21)12-18-16-11-14(25)4-6-20(16)28-22(18)23/h3-6,10-12,26-28H,2,7-9H2,1H3. The van der Waals surface area contributed by atoms with Crippen LogP contribution in [0.1, 0.15) is 13.3 Å². The van der Waals surface area contributed by atoms with Crippen molar-refractivity contribution in [3.8, 4) is 5.75 Å². The average Bonchev–Trinajstić information content (AvgIpc) is 3.25. The van der Waals surface area contributed by atoms with Crippen LogP contribution in [-0.4, -0.2) is 29.7 Å². The van der Waals surface area contributed by atoms with Crippen molar-refractivity contribution in [1.82, 2.24) is 15.3 Å². The van der Waals surface area contributed by atoms with Crippen LogP contribution in [0, 0.1) is 0 Å². The molecule has 0 spiro atoms. The first-order chi connectivity index (χ1) is 14.2. The van der Waals surface area contributed by atoms with Gasteiger partial charge in [0.15, 0.2) is 5.75 Å². The quantitative estimate of drug-likeness (QED) is 0.267. The molecule has 3 aromatic carbocycles. The fourth-order valence-electron chi connectivity index (χ4n) is 3.97. The Morgan fingerprint density at radius 1 is 0.793 bits per heavy atom. The zero-order valence-electron chi connectivity index (χ0n) is 16.0. The number of rotatable bonds is 6. The summed E-state index contributed by atoms with van der Waals surface area (Å²) in [6.07, 6.45) is 1.10. The van der Waals surface area contributed by atoms with E-state index in [1.54, 1.807) is 0 Å². The third-order valence-electron chi connectivity index (χ3n) is 5.30. The molecular formula is C23H21Cl2N3O. The van der Waals surface area contributed by atoms with Gasteiger partial charge in [-0.2, -0.15) is 0 Å². The molecule has 0 unspecified atom stereocenters. The van der Waals surface area contributed by atoms with Gasteiger partial charge < -0.3 is 20.0 Å². The molecule has 148 valence electrons. The van der Waals surface area contributed by atoms with Crippen LogP contribution in [0.5, 0.6) is 5.75 Å². The van der Waals surface area contributed by atoms with E-state index in [9.17, 15) is 0 Å². The predicted molar refractivity (Wildman–Crippen MR) is 124 cm³/mol. The van der Waals surface area contributed by atoms with Gasteiger partial charge in [-0.25, -0.2) is 0 Å². The van der Waals surface area contributed by atoms with Gasteiger partial charge in [0.1, 0.15) is 6.61 Å². The Hall–Kier alpha value is -2.40. The number of hydrogen-bond donors (Lipinski definition) is 3. The summed E-state index contributed by atoms with van der Waals surface area (Å²) in [7, 11) is 0. The van der Waals surface area contributed by atoms with Crippen LogP contribution >= 0.6 is 23.2 Å². The highest BCUT2D eigenvalue weighted by Gasteiger charge is 2.17. The van der Waals surface area contributed by atoms with E-state index >= 15 is 0 Å². The van der Waals surface area contributed by atoms with E-state index in [0.717, 1.165) is 68.9 Å². The molecule has 6 heteroatoms. The summed E-state index contributed by atoms with van der Waals surface area (Å²) in [5, 5.41) is 9.16. The number of fused-ring (bicyclic) bond motifs is 6. The molecule has 5 aromatic rings. The molecule has 0 radical (unpaired) electrons. The van der Waals surface area contributed by atoms with Crippen molar-refractivity contribution in [2.24, 2.45) is 0 Å². The van der Waals surface area contributed by atoms with E-state index < -0.39 is 0 Å². The lowest BCUT2D eigenvalue weighted by Crippen LogP contribution is -2.21. The highest BCUT2D eigenvalue weighted by molar-refractivity contribution is 6.33. The number of halogens is 2.